The molecule has 3 heteroatoms. The molecule has 0 fully saturated rings. The van der Waals surface area contributed by atoms with Crippen LogP contribution in [0.3, 0.4) is 0 Å². The van der Waals surface area contributed by atoms with Crippen LogP contribution in [-0.2, 0) is 9.53 Å². The Hall–Kier alpha value is -0.573. The molecule has 0 saturated carbocycles. The average molecular weight is 285 g/mol. The molecular weight excluding hydrogens is 252 g/mol. The van der Waals surface area contributed by atoms with Gasteiger partial charge in [0.15, 0.2) is 0 Å². The number of hydrogen-bond donors (Lipinski definition) is 0. The summed E-state index contributed by atoms with van der Waals surface area (Å²) in [6.45, 7) is 12.9. The first-order chi connectivity index (χ1) is 8.95. The molecular formula is C16H32O2Si. The van der Waals surface area contributed by atoms with Crippen LogP contribution in [0.1, 0.15) is 52.9 Å². The molecule has 0 rings (SSSR count). The van der Waals surface area contributed by atoms with E-state index in [1.807, 2.05) is 0 Å². The second kappa shape index (κ2) is 10.2. The van der Waals surface area contributed by atoms with Crippen molar-refractivity contribution in [2.75, 3.05) is 6.61 Å². The molecule has 0 amide bonds. The number of ether oxygens (including phenoxy) is 1. The number of carbonyl (C=O) groups is 1. The lowest BCUT2D eigenvalue weighted by Crippen LogP contribution is -2.30. The summed E-state index contributed by atoms with van der Waals surface area (Å²) in [6.07, 6.45) is 6.32. The summed E-state index contributed by atoms with van der Waals surface area (Å²) in [4.78, 5) is 11.3. The zero-order valence-corrected chi connectivity index (χ0v) is 14.4. The Labute approximate surface area is 120 Å². The Morgan fingerprint density at radius 2 is 1.53 bits per heavy atom. The third-order valence-corrected chi connectivity index (χ3v) is 8.46. The van der Waals surface area contributed by atoms with Crippen LogP contribution in [0.5, 0.6) is 0 Å². The van der Waals surface area contributed by atoms with Crippen LogP contribution in [-0.4, -0.2) is 20.7 Å². The van der Waals surface area contributed by atoms with Gasteiger partial charge in [-0.3, -0.25) is 0 Å². The Morgan fingerprint density at radius 1 is 1.05 bits per heavy atom. The van der Waals surface area contributed by atoms with E-state index in [-0.39, 0.29) is 5.97 Å². The maximum absolute atomic E-state index is 11.3. The highest BCUT2D eigenvalue weighted by Crippen LogP contribution is 2.27. The fourth-order valence-electron chi connectivity index (χ4n) is 2.37. The van der Waals surface area contributed by atoms with E-state index in [0.29, 0.717) is 12.2 Å². The van der Waals surface area contributed by atoms with Crippen molar-refractivity contribution >= 4 is 14.0 Å². The third-order valence-electron chi connectivity index (χ3n) is 3.77. The van der Waals surface area contributed by atoms with Gasteiger partial charge in [0, 0.05) is 5.57 Å². The van der Waals surface area contributed by atoms with Gasteiger partial charge in [-0.2, -0.15) is 0 Å². The summed E-state index contributed by atoms with van der Waals surface area (Å²) in [7, 11) is -1.10. The molecule has 0 unspecified atom stereocenters. The van der Waals surface area contributed by atoms with Crippen molar-refractivity contribution < 1.29 is 9.53 Å². The minimum atomic E-state index is -1.10. The normalized spacial score (nSPS) is 11.4. The maximum atomic E-state index is 11.3. The van der Waals surface area contributed by atoms with Gasteiger partial charge in [-0.05, 0) is 13.3 Å². The molecule has 0 heterocycles. The van der Waals surface area contributed by atoms with Crippen LogP contribution in [0.4, 0.5) is 0 Å². The highest BCUT2D eigenvalue weighted by Gasteiger charge is 2.25. The van der Waals surface area contributed by atoms with Gasteiger partial charge in [-0.25, -0.2) is 4.79 Å². The van der Waals surface area contributed by atoms with Crippen LogP contribution in [0, 0.1) is 0 Å². The second-order valence-electron chi connectivity index (χ2n) is 6.04. The minimum absolute atomic E-state index is 0.245. The SMILES string of the molecule is C=C(C)C(=O)OCCC[Si](C)(CCCC)CCCC. The van der Waals surface area contributed by atoms with Gasteiger partial charge in [0.1, 0.15) is 0 Å². The summed E-state index contributed by atoms with van der Waals surface area (Å²) < 4.78 is 5.19. The number of carbonyl (C=O) groups excluding carboxylic acids is 1. The van der Waals surface area contributed by atoms with Gasteiger partial charge in [0.2, 0.25) is 0 Å². The van der Waals surface area contributed by atoms with Gasteiger partial charge >= 0.3 is 5.97 Å². The van der Waals surface area contributed by atoms with Crippen molar-refractivity contribution in [3.63, 3.8) is 0 Å². The van der Waals surface area contributed by atoms with E-state index >= 15 is 0 Å². The molecule has 0 bridgehead atoms. The summed E-state index contributed by atoms with van der Waals surface area (Å²) in [5, 5.41) is 0. The standard InChI is InChI=1S/C16H32O2Si/c1-6-8-12-19(5,13-9-7-2)14-10-11-18-16(17)15(3)4/h3,6-14H2,1-2,4-5H3. The zero-order valence-electron chi connectivity index (χ0n) is 13.4. The molecule has 0 N–H and O–H groups in total. The smallest absolute Gasteiger partial charge is 0.333 e. The number of hydrogen-bond acceptors (Lipinski definition) is 2. The number of unbranched alkanes of at least 4 members (excludes halogenated alkanes) is 2. The van der Waals surface area contributed by atoms with Gasteiger partial charge in [-0.1, -0.05) is 70.8 Å². The largest absolute Gasteiger partial charge is 0.462 e. The van der Waals surface area contributed by atoms with E-state index in [1.165, 1.54) is 43.8 Å². The van der Waals surface area contributed by atoms with Crippen LogP contribution in [0.2, 0.25) is 24.7 Å². The molecule has 0 atom stereocenters. The van der Waals surface area contributed by atoms with Crippen molar-refractivity contribution in [2.24, 2.45) is 0 Å². The number of esters is 1. The molecule has 0 aliphatic heterocycles. The molecule has 0 spiro atoms. The first-order valence-corrected chi connectivity index (χ1v) is 10.9. The van der Waals surface area contributed by atoms with Gasteiger partial charge in [-0.15, -0.1) is 0 Å². The molecule has 19 heavy (non-hydrogen) atoms. The van der Waals surface area contributed by atoms with Crippen molar-refractivity contribution in [2.45, 2.75) is 77.6 Å². The van der Waals surface area contributed by atoms with Crippen LogP contribution in [0.15, 0.2) is 12.2 Å². The lowest BCUT2D eigenvalue weighted by Gasteiger charge is -2.27. The van der Waals surface area contributed by atoms with Gasteiger partial charge in [0.25, 0.3) is 0 Å². The van der Waals surface area contributed by atoms with Gasteiger partial charge in [0.05, 0.1) is 14.7 Å². The molecule has 0 aromatic heterocycles. The average Bonchev–Trinajstić information content (AvgIpc) is 2.39. The van der Waals surface area contributed by atoms with Crippen molar-refractivity contribution in [1.82, 2.24) is 0 Å². The van der Waals surface area contributed by atoms with Crippen LogP contribution in [0.25, 0.3) is 0 Å². The van der Waals surface area contributed by atoms with E-state index in [1.54, 1.807) is 6.92 Å². The lowest BCUT2D eigenvalue weighted by molar-refractivity contribution is -0.138. The number of rotatable bonds is 11. The van der Waals surface area contributed by atoms with E-state index in [0.717, 1.165) is 6.42 Å². The summed E-state index contributed by atoms with van der Waals surface area (Å²) in [5.41, 5.74) is 0.497. The van der Waals surface area contributed by atoms with E-state index in [9.17, 15) is 4.79 Å². The minimum Gasteiger partial charge on any atom is -0.462 e. The first kappa shape index (κ1) is 18.4. The van der Waals surface area contributed by atoms with Crippen molar-refractivity contribution in [1.29, 1.82) is 0 Å². The van der Waals surface area contributed by atoms with E-state index in [2.05, 4.69) is 27.0 Å². The first-order valence-electron chi connectivity index (χ1n) is 7.78. The maximum Gasteiger partial charge on any atom is 0.333 e. The summed E-state index contributed by atoms with van der Waals surface area (Å²) >= 11 is 0. The molecule has 0 aliphatic carbocycles. The molecule has 0 aliphatic rings. The zero-order chi connectivity index (χ0) is 14.7. The predicted molar refractivity (Wildman–Crippen MR) is 86.2 cm³/mol. The van der Waals surface area contributed by atoms with Gasteiger partial charge < -0.3 is 4.74 Å². The molecule has 0 aromatic rings. The highest BCUT2D eigenvalue weighted by molar-refractivity contribution is 6.78. The van der Waals surface area contributed by atoms with E-state index in [4.69, 9.17) is 4.74 Å². The molecule has 112 valence electrons. The fraction of sp³-hybridized carbons (Fsp3) is 0.812. The second-order valence-corrected chi connectivity index (χ2v) is 11.2. The molecule has 0 radical (unpaired) electrons. The summed E-state index contributed by atoms with van der Waals surface area (Å²) in [6, 6.07) is 4.15. The Balaban J connectivity index is 4.03. The topological polar surface area (TPSA) is 26.3 Å². The predicted octanol–water partition coefficient (Wildman–Crippen LogP) is 5.17. The van der Waals surface area contributed by atoms with Crippen LogP contribution < -0.4 is 0 Å². The molecule has 0 saturated heterocycles. The molecule has 2 nitrogen and oxygen atoms in total. The fourth-order valence-corrected chi connectivity index (χ4v) is 6.53. The van der Waals surface area contributed by atoms with Crippen molar-refractivity contribution in [3.05, 3.63) is 12.2 Å². The monoisotopic (exact) mass is 284 g/mol. The highest BCUT2D eigenvalue weighted by atomic mass is 28.3. The Morgan fingerprint density at radius 3 is 1.95 bits per heavy atom. The Kier molecular flexibility index (Phi) is 9.93. The Bertz CT molecular complexity index is 266. The summed E-state index contributed by atoms with van der Waals surface area (Å²) in [5.74, 6) is -0.245. The van der Waals surface area contributed by atoms with E-state index < -0.39 is 8.07 Å². The van der Waals surface area contributed by atoms with Crippen LogP contribution >= 0.6 is 0 Å². The molecule has 0 aromatic carbocycles. The quantitative estimate of drug-likeness (QED) is 0.226. The van der Waals surface area contributed by atoms with Crippen molar-refractivity contribution in [3.8, 4) is 0 Å². The lowest BCUT2D eigenvalue weighted by atomic mass is 10.4. The third kappa shape index (κ3) is 9.03.